The Balaban J connectivity index is 2.02. The lowest BCUT2D eigenvalue weighted by molar-refractivity contribution is 0.826. The van der Waals surface area contributed by atoms with Gasteiger partial charge in [0.1, 0.15) is 5.70 Å². The lowest BCUT2D eigenvalue weighted by Crippen LogP contribution is -2.01. The molecule has 5 nitrogen and oxygen atoms in total. The average molecular weight is 196 g/mol. The summed E-state index contributed by atoms with van der Waals surface area (Å²) in [6, 6.07) is 7.86. The van der Waals surface area contributed by atoms with Crippen LogP contribution >= 0.6 is 0 Å². The Bertz CT molecular complexity index is 520. The Labute approximate surface area is 85.9 Å². The Hall–Kier alpha value is -2.30. The summed E-state index contributed by atoms with van der Waals surface area (Å²) in [4.78, 5) is 0. The summed E-state index contributed by atoms with van der Waals surface area (Å²) >= 11 is 0. The molecule has 1 aromatic carbocycles. The van der Waals surface area contributed by atoms with Crippen molar-refractivity contribution in [3.63, 3.8) is 0 Å². The quantitative estimate of drug-likeness (QED) is 0.682. The fourth-order valence-corrected chi connectivity index (χ4v) is 1.44. The molecule has 0 N–H and O–H groups in total. The molecule has 3 rings (SSSR count). The van der Waals surface area contributed by atoms with E-state index in [4.69, 9.17) is 0 Å². The lowest BCUT2D eigenvalue weighted by atomic mass is 10.2. The highest BCUT2D eigenvalue weighted by Crippen LogP contribution is 2.29. The van der Waals surface area contributed by atoms with Crippen LogP contribution in [-0.2, 0) is 0 Å². The molecule has 1 radical (unpaired) electrons. The summed E-state index contributed by atoms with van der Waals surface area (Å²) in [6.07, 6.45) is 3.22. The van der Waals surface area contributed by atoms with Crippen LogP contribution in [0.25, 0.3) is 11.8 Å². The molecule has 0 atom stereocenters. The molecule has 0 aliphatic carbocycles. The second-order valence-electron chi connectivity index (χ2n) is 3.07. The zero-order chi connectivity index (χ0) is 10.1. The van der Waals surface area contributed by atoms with Crippen molar-refractivity contribution in [2.75, 3.05) is 0 Å². The third-order valence-electron chi connectivity index (χ3n) is 2.11. The maximum absolute atomic E-state index is 4.38. The minimum Gasteiger partial charge on any atom is -0.244 e. The van der Waals surface area contributed by atoms with Crippen molar-refractivity contribution in [3.05, 3.63) is 42.0 Å². The summed E-state index contributed by atoms with van der Waals surface area (Å²) < 4.78 is 0. The zero-order valence-electron chi connectivity index (χ0n) is 7.70. The van der Waals surface area contributed by atoms with E-state index >= 15 is 0 Å². The highest BCUT2D eigenvalue weighted by atomic mass is 15.3. The molecule has 15 heavy (non-hydrogen) atoms. The molecule has 0 spiro atoms. The minimum absolute atomic E-state index is 0.452. The molecule has 0 saturated heterocycles. The SMILES string of the molecule is C1=C(c2nncnn2)[N]c2ccccc21. The van der Waals surface area contributed by atoms with Crippen LogP contribution in [0.2, 0.25) is 0 Å². The van der Waals surface area contributed by atoms with Gasteiger partial charge < -0.3 is 0 Å². The summed E-state index contributed by atoms with van der Waals surface area (Å²) in [5, 5.41) is 19.4. The van der Waals surface area contributed by atoms with E-state index in [1.54, 1.807) is 0 Å². The van der Waals surface area contributed by atoms with E-state index in [2.05, 4.69) is 25.7 Å². The molecular weight excluding hydrogens is 190 g/mol. The number of nitrogens with zero attached hydrogens (tertiary/aromatic N) is 5. The third kappa shape index (κ3) is 1.34. The molecule has 0 amide bonds. The second-order valence-corrected chi connectivity index (χ2v) is 3.07. The van der Waals surface area contributed by atoms with Gasteiger partial charge in [-0.15, -0.1) is 20.4 Å². The van der Waals surface area contributed by atoms with Crippen molar-refractivity contribution >= 4 is 17.5 Å². The molecule has 0 fully saturated rings. The normalized spacial score (nSPS) is 12.9. The van der Waals surface area contributed by atoms with Crippen molar-refractivity contribution in [2.24, 2.45) is 0 Å². The van der Waals surface area contributed by atoms with Gasteiger partial charge >= 0.3 is 0 Å². The molecule has 5 heteroatoms. The fraction of sp³-hybridized carbons (Fsp3) is 0. The van der Waals surface area contributed by atoms with Crippen molar-refractivity contribution in [3.8, 4) is 0 Å². The third-order valence-corrected chi connectivity index (χ3v) is 2.11. The van der Waals surface area contributed by atoms with E-state index in [-0.39, 0.29) is 0 Å². The Morgan fingerprint density at radius 2 is 1.73 bits per heavy atom. The maximum Gasteiger partial charge on any atom is 0.221 e. The van der Waals surface area contributed by atoms with Gasteiger partial charge in [0.25, 0.3) is 0 Å². The summed E-state index contributed by atoms with van der Waals surface area (Å²) in [5.74, 6) is 0.452. The largest absolute Gasteiger partial charge is 0.244 e. The second kappa shape index (κ2) is 3.13. The highest BCUT2D eigenvalue weighted by molar-refractivity contribution is 5.89. The van der Waals surface area contributed by atoms with E-state index in [1.165, 1.54) is 6.33 Å². The van der Waals surface area contributed by atoms with Gasteiger partial charge in [0.15, 0.2) is 6.33 Å². The van der Waals surface area contributed by atoms with Gasteiger partial charge in [0.05, 0.1) is 5.69 Å². The van der Waals surface area contributed by atoms with Gasteiger partial charge in [-0.05, 0) is 12.1 Å². The van der Waals surface area contributed by atoms with Gasteiger partial charge in [-0.3, -0.25) is 0 Å². The summed E-state index contributed by atoms with van der Waals surface area (Å²) in [7, 11) is 0. The van der Waals surface area contributed by atoms with E-state index in [1.807, 2.05) is 30.3 Å². The van der Waals surface area contributed by atoms with Crippen LogP contribution in [-0.4, -0.2) is 20.4 Å². The monoisotopic (exact) mass is 196 g/mol. The predicted octanol–water partition coefficient (Wildman–Crippen LogP) is 1.01. The first-order valence-electron chi connectivity index (χ1n) is 4.47. The smallest absolute Gasteiger partial charge is 0.221 e. The van der Waals surface area contributed by atoms with Crippen LogP contribution in [0.4, 0.5) is 5.69 Å². The van der Waals surface area contributed by atoms with Gasteiger partial charge in [-0.25, -0.2) is 5.32 Å². The molecule has 1 aromatic heterocycles. The van der Waals surface area contributed by atoms with E-state index in [0.717, 1.165) is 11.3 Å². The van der Waals surface area contributed by atoms with Crippen molar-refractivity contribution in [2.45, 2.75) is 0 Å². The zero-order valence-corrected chi connectivity index (χ0v) is 7.70. The molecule has 0 bridgehead atoms. The molecule has 0 unspecified atom stereocenters. The molecular formula is C10H6N5. The number of hydrogen-bond acceptors (Lipinski definition) is 4. The van der Waals surface area contributed by atoms with Gasteiger partial charge in [0.2, 0.25) is 5.82 Å². The first kappa shape index (κ1) is 8.05. The average Bonchev–Trinajstić information content (AvgIpc) is 2.74. The first-order chi connectivity index (χ1) is 7.43. The summed E-state index contributed by atoms with van der Waals surface area (Å²) in [5.41, 5.74) is 2.71. The van der Waals surface area contributed by atoms with Crippen LogP contribution in [0, 0.1) is 0 Å². The van der Waals surface area contributed by atoms with Crippen LogP contribution < -0.4 is 5.32 Å². The van der Waals surface area contributed by atoms with Crippen molar-refractivity contribution < 1.29 is 0 Å². The summed E-state index contributed by atoms with van der Waals surface area (Å²) in [6.45, 7) is 0. The molecule has 1 aliphatic rings. The number of hydrogen-bond donors (Lipinski definition) is 0. The van der Waals surface area contributed by atoms with Crippen LogP contribution in [0.1, 0.15) is 11.4 Å². The number of aromatic nitrogens is 4. The van der Waals surface area contributed by atoms with Crippen molar-refractivity contribution in [1.82, 2.24) is 25.7 Å². The van der Waals surface area contributed by atoms with E-state index in [0.29, 0.717) is 11.5 Å². The topological polar surface area (TPSA) is 65.7 Å². The molecule has 2 heterocycles. The molecule has 2 aromatic rings. The predicted molar refractivity (Wildman–Crippen MR) is 53.7 cm³/mol. The molecule has 71 valence electrons. The number of para-hydroxylation sites is 1. The van der Waals surface area contributed by atoms with E-state index in [9.17, 15) is 0 Å². The van der Waals surface area contributed by atoms with Crippen LogP contribution in [0.15, 0.2) is 30.6 Å². The van der Waals surface area contributed by atoms with Gasteiger partial charge in [-0.2, -0.15) is 0 Å². The van der Waals surface area contributed by atoms with Crippen molar-refractivity contribution in [1.29, 1.82) is 0 Å². The van der Waals surface area contributed by atoms with Gasteiger partial charge in [-0.1, -0.05) is 18.2 Å². The highest BCUT2D eigenvalue weighted by Gasteiger charge is 2.16. The van der Waals surface area contributed by atoms with Crippen LogP contribution in [0.5, 0.6) is 0 Å². The molecule has 1 aliphatic heterocycles. The Morgan fingerprint density at radius 1 is 0.933 bits per heavy atom. The Kier molecular flexibility index (Phi) is 1.68. The molecule has 0 saturated carbocycles. The number of rotatable bonds is 1. The van der Waals surface area contributed by atoms with E-state index < -0.39 is 0 Å². The maximum atomic E-state index is 4.38. The lowest BCUT2D eigenvalue weighted by Gasteiger charge is -1.97. The number of benzene rings is 1. The van der Waals surface area contributed by atoms with Gasteiger partial charge in [0, 0.05) is 5.56 Å². The first-order valence-corrected chi connectivity index (χ1v) is 4.47. The minimum atomic E-state index is 0.452. The van der Waals surface area contributed by atoms with Crippen LogP contribution in [0.3, 0.4) is 0 Å². The fourth-order valence-electron chi connectivity index (χ4n) is 1.44. The number of fused-ring (bicyclic) bond motifs is 1. The Morgan fingerprint density at radius 3 is 2.53 bits per heavy atom. The standard InChI is InChI=1S/C10H6N5/c1-2-4-8-7(3-1)5-9(13-8)10-14-11-6-12-15-10/h1-6H.